The van der Waals surface area contributed by atoms with Crippen molar-refractivity contribution in [2.24, 2.45) is 0 Å². The number of para-hydroxylation sites is 2. The Morgan fingerprint density at radius 3 is 2.76 bits per heavy atom. The van der Waals surface area contributed by atoms with Gasteiger partial charge < -0.3 is 19.5 Å². The Balaban J connectivity index is 1.23. The first kappa shape index (κ1) is 20.9. The number of rotatable bonds is 6. The third kappa shape index (κ3) is 3.74. The van der Waals surface area contributed by atoms with Crippen LogP contribution in [0.3, 0.4) is 0 Å². The second-order valence-corrected chi connectivity index (χ2v) is 8.55. The number of amides is 2. The van der Waals surface area contributed by atoms with E-state index in [2.05, 4.69) is 10.2 Å². The third-order valence-corrected chi connectivity index (χ3v) is 6.46. The number of morpholine rings is 1. The number of nitrogens with one attached hydrogen (secondary N) is 1. The number of hydrogen-bond donors (Lipinski definition) is 1. The van der Waals surface area contributed by atoms with E-state index in [1.165, 1.54) is 0 Å². The summed E-state index contributed by atoms with van der Waals surface area (Å²) >= 11 is 0. The smallest absolute Gasteiger partial charge is 0.253 e. The maximum atomic E-state index is 13.5. The molecule has 0 bridgehead atoms. The average molecular weight is 463 g/mol. The van der Waals surface area contributed by atoms with Crippen molar-refractivity contribution < 1.29 is 23.8 Å². The third-order valence-electron chi connectivity index (χ3n) is 6.46. The van der Waals surface area contributed by atoms with E-state index in [9.17, 15) is 9.59 Å². The fraction of sp³-hybridized carbons (Fsp3) is 0.375. The van der Waals surface area contributed by atoms with Crippen LogP contribution in [0, 0.1) is 0 Å². The van der Waals surface area contributed by atoms with Gasteiger partial charge >= 0.3 is 0 Å². The number of carbonyl (C=O) groups excluding carboxylic acids is 2. The molecule has 0 aliphatic carbocycles. The topological polar surface area (TPSA) is 98.2 Å². The van der Waals surface area contributed by atoms with Crippen LogP contribution < -0.4 is 19.7 Å². The molecule has 0 radical (unpaired) electrons. The molecule has 1 fully saturated rings. The summed E-state index contributed by atoms with van der Waals surface area (Å²) in [5, 5.41) is 2.89. The van der Waals surface area contributed by atoms with Gasteiger partial charge in [-0.1, -0.05) is 12.1 Å². The van der Waals surface area contributed by atoms with Gasteiger partial charge in [0.15, 0.2) is 11.5 Å². The van der Waals surface area contributed by atoms with Gasteiger partial charge in [0.2, 0.25) is 18.6 Å². The van der Waals surface area contributed by atoms with E-state index < -0.39 is 6.04 Å². The lowest BCUT2D eigenvalue weighted by Crippen LogP contribution is -2.42. The van der Waals surface area contributed by atoms with E-state index in [1.807, 2.05) is 28.8 Å². The molecule has 1 atom stereocenters. The second-order valence-electron chi connectivity index (χ2n) is 8.55. The van der Waals surface area contributed by atoms with Crippen molar-refractivity contribution >= 4 is 34.5 Å². The predicted octanol–water partition coefficient (Wildman–Crippen LogP) is 2.01. The van der Waals surface area contributed by atoms with Crippen molar-refractivity contribution in [3.63, 3.8) is 0 Å². The van der Waals surface area contributed by atoms with E-state index in [4.69, 9.17) is 19.2 Å². The largest absolute Gasteiger partial charge is 0.454 e. The monoisotopic (exact) mass is 463 g/mol. The van der Waals surface area contributed by atoms with Crippen LogP contribution in [0.5, 0.6) is 11.5 Å². The number of aromatic nitrogens is 2. The molecule has 3 aliphatic rings. The number of nitrogens with zero attached hydrogens (tertiary/aromatic N) is 4. The van der Waals surface area contributed by atoms with Gasteiger partial charge in [-0.05, 0) is 24.3 Å². The fourth-order valence-electron chi connectivity index (χ4n) is 4.74. The van der Waals surface area contributed by atoms with Crippen molar-refractivity contribution in [2.45, 2.75) is 12.5 Å². The lowest BCUT2D eigenvalue weighted by Gasteiger charge is -2.28. The summed E-state index contributed by atoms with van der Waals surface area (Å²) in [6.07, 6.45) is 0.00861. The minimum Gasteiger partial charge on any atom is -0.454 e. The summed E-state index contributed by atoms with van der Waals surface area (Å²) < 4.78 is 18.0. The Bertz CT molecular complexity index is 1250. The van der Waals surface area contributed by atoms with Gasteiger partial charge in [0.1, 0.15) is 6.04 Å². The van der Waals surface area contributed by atoms with Crippen LogP contribution in [-0.4, -0.2) is 72.5 Å². The van der Waals surface area contributed by atoms with Crippen LogP contribution in [0.25, 0.3) is 11.0 Å². The standard InChI is InChI=1S/C24H25N5O5/c30-22(25-16-5-6-20-21(13-16)34-15-33-20)14-19-23(31)28(8-7-27-9-11-32-12-10-27)24-26-17-3-1-2-4-18(17)29(19)24/h1-6,13,19H,7-12,14-15H2,(H,25,30). The van der Waals surface area contributed by atoms with Gasteiger partial charge in [-0.3, -0.25) is 24.0 Å². The Kier molecular flexibility index (Phi) is 5.31. The number of anilines is 2. The molecule has 176 valence electrons. The van der Waals surface area contributed by atoms with E-state index in [0.29, 0.717) is 42.9 Å². The van der Waals surface area contributed by atoms with E-state index >= 15 is 0 Å². The molecule has 2 amide bonds. The number of fused-ring (bicyclic) bond motifs is 4. The first-order valence-electron chi connectivity index (χ1n) is 11.5. The molecule has 0 spiro atoms. The maximum absolute atomic E-state index is 13.5. The first-order chi connectivity index (χ1) is 16.7. The Morgan fingerprint density at radius 2 is 1.88 bits per heavy atom. The van der Waals surface area contributed by atoms with Crippen molar-refractivity contribution in [2.75, 3.05) is 56.4 Å². The molecular formula is C24H25N5O5. The van der Waals surface area contributed by atoms with E-state index in [0.717, 1.165) is 30.7 Å². The van der Waals surface area contributed by atoms with Crippen molar-refractivity contribution in [1.82, 2.24) is 14.5 Å². The highest BCUT2D eigenvalue weighted by molar-refractivity contribution is 6.05. The van der Waals surface area contributed by atoms with Gasteiger partial charge in [0.25, 0.3) is 5.91 Å². The van der Waals surface area contributed by atoms with Crippen LogP contribution in [0.2, 0.25) is 0 Å². The summed E-state index contributed by atoms with van der Waals surface area (Å²) in [7, 11) is 0. The summed E-state index contributed by atoms with van der Waals surface area (Å²) in [4.78, 5) is 35.2. The highest BCUT2D eigenvalue weighted by Crippen LogP contribution is 2.37. The molecule has 4 heterocycles. The zero-order chi connectivity index (χ0) is 23.1. The second kappa shape index (κ2) is 8.62. The lowest BCUT2D eigenvalue weighted by molar-refractivity contribution is -0.124. The normalized spacial score (nSPS) is 19.6. The van der Waals surface area contributed by atoms with E-state index in [-0.39, 0.29) is 25.0 Å². The Hall–Kier alpha value is -3.63. The van der Waals surface area contributed by atoms with Crippen molar-refractivity contribution in [3.8, 4) is 11.5 Å². The highest BCUT2D eigenvalue weighted by Gasteiger charge is 2.41. The first-order valence-corrected chi connectivity index (χ1v) is 11.5. The number of imidazole rings is 1. The molecule has 1 saturated heterocycles. The van der Waals surface area contributed by atoms with Crippen LogP contribution in [0.15, 0.2) is 42.5 Å². The van der Waals surface area contributed by atoms with E-state index in [1.54, 1.807) is 23.1 Å². The van der Waals surface area contributed by atoms with Crippen molar-refractivity contribution in [3.05, 3.63) is 42.5 Å². The Labute approximate surface area is 196 Å². The SMILES string of the molecule is O=C(CC1C(=O)N(CCN2CCOCC2)c2nc3ccccc3n21)Nc1ccc2c(c1)OCO2. The van der Waals surface area contributed by atoms with Crippen LogP contribution in [0.1, 0.15) is 12.5 Å². The summed E-state index contributed by atoms with van der Waals surface area (Å²) in [5.74, 6) is 1.47. The zero-order valence-corrected chi connectivity index (χ0v) is 18.6. The summed E-state index contributed by atoms with van der Waals surface area (Å²) in [5.41, 5.74) is 2.25. The molecule has 1 unspecified atom stereocenters. The molecule has 10 heteroatoms. The summed E-state index contributed by atoms with van der Waals surface area (Å²) in [6.45, 7) is 4.51. The maximum Gasteiger partial charge on any atom is 0.253 e. The number of carbonyl (C=O) groups is 2. The summed E-state index contributed by atoms with van der Waals surface area (Å²) in [6, 6.07) is 12.3. The average Bonchev–Trinajstić information content (AvgIpc) is 3.53. The van der Waals surface area contributed by atoms with Crippen LogP contribution in [-0.2, 0) is 14.3 Å². The molecule has 6 rings (SSSR count). The van der Waals surface area contributed by atoms with Gasteiger partial charge in [-0.2, -0.15) is 0 Å². The lowest BCUT2D eigenvalue weighted by atomic mass is 10.1. The molecule has 34 heavy (non-hydrogen) atoms. The molecule has 2 aromatic carbocycles. The molecule has 3 aliphatic heterocycles. The molecule has 1 aromatic heterocycles. The van der Waals surface area contributed by atoms with Crippen LogP contribution in [0.4, 0.5) is 11.6 Å². The van der Waals surface area contributed by atoms with Gasteiger partial charge in [-0.15, -0.1) is 0 Å². The minimum atomic E-state index is -0.652. The molecule has 0 saturated carbocycles. The molecule has 1 N–H and O–H groups in total. The predicted molar refractivity (Wildman–Crippen MR) is 124 cm³/mol. The van der Waals surface area contributed by atoms with Crippen LogP contribution >= 0.6 is 0 Å². The number of benzene rings is 2. The van der Waals surface area contributed by atoms with Gasteiger partial charge in [0.05, 0.1) is 30.7 Å². The van der Waals surface area contributed by atoms with Gasteiger partial charge in [0, 0.05) is 37.9 Å². The zero-order valence-electron chi connectivity index (χ0n) is 18.6. The number of ether oxygens (including phenoxy) is 3. The highest BCUT2D eigenvalue weighted by atomic mass is 16.7. The Morgan fingerprint density at radius 1 is 1.06 bits per heavy atom. The molecule has 3 aromatic rings. The van der Waals surface area contributed by atoms with Gasteiger partial charge in [-0.25, -0.2) is 4.98 Å². The minimum absolute atomic E-state index is 0.00861. The number of hydrogen-bond acceptors (Lipinski definition) is 7. The fourth-order valence-corrected chi connectivity index (χ4v) is 4.74. The molecular weight excluding hydrogens is 438 g/mol. The quantitative estimate of drug-likeness (QED) is 0.597. The molecule has 10 nitrogen and oxygen atoms in total. The van der Waals surface area contributed by atoms with Crippen molar-refractivity contribution in [1.29, 1.82) is 0 Å².